The van der Waals surface area contributed by atoms with Gasteiger partial charge in [0, 0.05) is 19.9 Å². The van der Waals surface area contributed by atoms with E-state index in [9.17, 15) is 24.0 Å². The van der Waals surface area contributed by atoms with Crippen LogP contribution in [0.1, 0.15) is 56.6 Å². The maximum Gasteiger partial charge on any atom is 0.329 e. The smallest absolute Gasteiger partial charge is 0.329 e. The summed E-state index contributed by atoms with van der Waals surface area (Å²) in [5, 5.41) is 10.8. The molecule has 55 heavy (non-hydrogen) atoms. The molecule has 0 aliphatic rings. The SMILES string of the molecule is C=CCOc1ccc(C[C@H](NC(C)=O)C(=O)N[C@H](CCCCN)C(=O)N[C@H](CCCN=C(N)N)C(=O)N[C@@H](CC=C)C(=O)OCc2ccccc2)cc1.Cl.Cl. The minimum Gasteiger partial charge on any atom is -0.490 e. The number of esters is 1. The highest BCUT2D eigenvalue weighted by Gasteiger charge is 2.31. The number of ether oxygens (including phenoxy) is 2. The molecule has 0 saturated heterocycles. The van der Waals surface area contributed by atoms with Crippen molar-refractivity contribution in [2.75, 3.05) is 19.7 Å². The Bertz CT molecular complexity index is 1530. The molecule has 4 atom stereocenters. The summed E-state index contributed by atoms with van der Waals surface area (Å²) in [5.41, 5.74) is 18.1. The first-order valence-corrected chi connectivity index (χ1v) is 17.5. The first-order chi connectivity index (χ1) is 25.5. The van der Waals surface area contributed by atoms with Gasteiger partial charge >= 0.3 is 5.97 Å². The van der Waals surface area contributed by atoms with Crippen LogP contribution >= 0.6 is 24.8 Å². The first-order valence-electron chi connectivity index (χ1n) is 17.5. The van der Waals surface area contributed by atoms with Gasteiger partial charge in [-0.15, -0.1) is 31.4 Å². The van der Waals surface area contributed by atoms with Crippen LogP contribution in [-0.2, 0) is 41.7 Å². The van der Waals surface area contributed by atoms with E-state index < -0.39 is 53.8 Å². The fourth-order valence-corrected chi connectivity index (χ4v) is 5.13. The summed E-state index contributed by atoms with van der Waals surface area (Å²) in [6.07, 6.45) is 4.95. The molecule has 0 aliphatic carbocycles. The molecule has 0 bridgehead atoms. The quantitative estimate of drug-likeness (QED) is 0.0253. The number of carbonyl (C=O) groups is 5. The maximum absolute atomic E-state index is 13.8. The second kappa shape index (κ2) is 28.3. The zero-order valence-corrected chi connectivity index (χ0v) is 32.8. The molecule has 17 heteroatoms. The van der Waals surface area contributed by atoms with Gasteiger partial charge in [0.2, 0.25) is 23.6 Å². The first kappa shape index (κ1) is 49.9. The molecular formula is C38H56Cl2N8O7. The molecule has 2 aromatic carbocycles. The van der Waals surface area contributed by atoms with Crippen LogP contribution in [0, 0.1) is 0 Å². The zero-order valence-electron chi connectivity index (χ0n) is 31.2. The average Bonchev–Trinajstić information content (AvgIpc) is 3.13. The van der Waals surface area contributed by atoms with Gasteiger partial charge in [-0.2, -0.15) is 0 Å². The molecule has 0 saturated carbocycles. The second-order valence-corrected chi connectivity index (χ2v) is 12.2. The molecule has 0 fully saturated rings. The van der Waals surface area contributed by atoms with Crippen molar-refractivity contribution in [1.29, 1.82) is 0 Å². The number of amides is 4. The van der Waals surface area contributed by atoms with Crippen LogP contribution in [0.15, 0.2) is 84.9 Å². The van der Waals surface area contributed by atoms with Crippen molar-refractivity contribution in [2.24, 2.45) is 22.2 Å². The molecule has 2 aromatic rings. The van der Waals surface area contributed by atoms with Crippen LogP contribution < -0.4 is 43.2 Å². The molecule has 2 rings (SSSR count). The Kier molecular flexibility index (Phi) is 25.7. The number of hydrogen-bond donors (Lipinski definition) is 7. The highest BCUT2D eigenvalue weighted by molar-refractivity contribution is 5.95. The molecule has 0 aliphatic heterocycles. The number of benzene rings is 2. The highest BCUT2D eigenvalue weighted by Crippen LogP contribution is 2.14. The summed E-state index contributed by atoms with van der Waals surface area (Å²) in [5.74, 6) is -2.53. The van der Waals surface area contributed by atoms with Crippen molar-refractivity contribution in [3.63, 3.8) is 0 Å². The van der Waals surface area contributed by atoms with Gasteiger partial charge in [-0.1, -0.05) is 61.2 Å². The van der Waals surface area contributed by atoms with Crippen molar-refractivity contribution < 1.29 is 33.4 Å². The van der Waals surface area contributed by atoms with E-state index in [4.69, 9.17) is 26.7 Å². The van der Waals surface area contributed by atoms with E-state index in [-0.39, 0.29) is 69.6 Å². The lowest BCUT2D eigenvalue weighted by atomic mass is 10.0. The van der Waals surface area contributed by atoms with Gasteiger partial charge in [-0.3, -0.25) is 24.2 Å². The summed E-state index contributed by atoms with van der Waals surface area (Å²) < 4.78 is 11.0. The monoisotopic (exact) mass is 806 g/mol. The average molecular weight is 808 g/mol. The highest BCUT2D eigenvalue weighted by atomic mass is 35.5. The Balaban J connectivity index is 0.0000146. The number of nitrogens with two attached hydrogens (primary N) is 3. The number of hydrogen-bond acceptors (Lipinski definition) is 9. The van der Waals surface area contributed by atoms with E-state index in [1.165, 1.54) is 13.0 Å². The summed E-state index contributed by atoms with van der Waals surface area (Å²) in [4.78, 5) is 70.2. The second-order valence-electron chi connectivity index (χ2n) is 12.2. The number of carbonyl (C=O) groups excluding carboxylic acids is 5. The van der Waals surface area contributed by atoms with E-state index in [0.29, 0.717) is 38.2 Å². The number of rotatable bonds is 25. The molecule has 0 spiro atoms. The minimum atomic E-state index is -1.15. The maximum atomic E-state index is 13.8. The van der Waals surface area contributed by atoms with E-state index in [1.807, 2.05) is 18.2 Å². The number of aliphatic imine (C=N–C) groups is 1. The summed E-state index contributed by atoms with van der Waals surface area (Å²) in [6.45, 7) is 9.48. The third-order valence-corrected chi connectivity index (χ3v) is 7.81. The normalized spacial score (nSPS) is 12.3. The summed E-state index contributed by atoms with van der Waals surface area (Å²) in [7, 11) is 0. The molecule has 4 amide bonds. The van der Waals surface area contributed by atoms with Gasteiger partial charge < -0.3 is 47.9 Å². The topological polar surface area (TPSA) is 242 Å². The molecule has 0 radical (unpaired) electrons. The van der Waals surface area contributed by atoms with Crippen LogP contribution in [0.2, 0.25) is 0 Å². The molecule has 10 N–H and O–H groups in total. The number of guanidine groups is 1. The summed E-state index contributed by atoms with van der Waals surface area (Å²) in [6, 6.07) is 11.8. The third kappa shape index (κ3) is 20.2. The Labute approximate surface area is 335 Å². The lowest BCUT2D eigenvalue weighted by Crippen LogP contribution is -2.58. The van der Waals surface area contributed by atoms with Gasteiger partial charge in [0.1, 0.15) is 43.1 Å². The molecule has 15 nitrogen and oxygen atoms in total. The van der Waals surface area contributed by atoms with E-state index in [1.54, 1.807) is 42.5 Å². The lowest BCUT2D eigenvalue weighted by molar-refractivity contribution is -0.149. The predicted molar refractivity (Wildman–Crippen MR) is 218 cm³/mol. The number of halogens is 2. The molecule has 0 aromatic heterocycles. The van der Waals surface area contributed by atoms with Crippen LogP contribution in [0.4, 0.5) is 0 Å². The Morgan fingerprint density at radius 3 is 1.87 bits per heavy atom. The molecular weight excluding hydrogens is 751 g/mol. The van der Waals surface area contributed by atoms with Crippen molar-refractivity contribution >= 4 is 60.4 Å². The Hall–Kier alpha value is -5.12. The van der Waals surface area contributed by atoms with Crippen molar-refractivity contribution in [2.45, 2.75) is 82.6 Å². The predicted octanol–water partition coefficient (Wildman–Crippen LogP) is 2.10. The Morgan fingerprint density at radius 1 is 0.745 bits per heavy atom. The molecule has 304 valence electrons. The zero-order chi connectivity index (χ0) is 39.0. The number of nitrogens with one attached hydrogen (secondary N) is 4. The number of unbranched alkanes of at least 4 members (excludes halogenated alkanes) is 1. The van der Waals surface area contributed by atoms with Crippen molar-refractivity contribution in [1.82, 2.24) is 21.3 Å². The molecule has 0 unspecified atom stereocenters. The summed E-state index contributed by atoms with van der Waals surface area (Å²) >= 11 is 0. The van der Waals surface area contributed by atoms with Gasteiger partial charge in [-0.05, 0) is 68.3 Å². The van der Waals surface area contributed by atoms with Gasteiger partial charge in [0.05, 0.1) is 0 Å². The van der Waals surface area contributed by atoms with E-state index in [2.05, 4.69) is 39.4 Å². The van der Waals surface area contributed by atoms with Gasteiger partial charge in [-0.25, -0.2) is 4.79 Å². The van der Waals surface area contributed by atoms with Crippen LogP contribution in [0.3, 0.4) is 0 Å². The van der Waals surface area contributed by atoms with E-state index in [0.717, 1.165) is 11.1 Å². The standard InChI is InChI=1S/C38H54N8O7.2ClH/c1-4-12-32(37(51)53-25-28-13-7-6-8-14-28)46-35(49)31(16-11-22-42-38(40)41)44-34(48)30(15-9-10-21-39)45-36(50)33(43-26(3)47)24-27-17-19-29(20-18-27)52-23-5-2;;/h4-8,13-14,17-20,30-33H,1-2,9-12,15-16,21-25,39H2,3H3,(H,43,47)(H,44,48)(H,45,50)(H,46,49)(H4,40,41,42);2*1H/t30-,31-,32+,33+;;/m1../s1. The van der Waals surface area contributed by atoms with Gasteiger partial charge in [0.15, 0.2) is 5.96 Å². The number of nitrogens with zero attached hydrogens (tertiary/aromatic N) is 1. The van der Waals surface area contributed by atoms with Crippen LogP contribution in [0.25, 0.3) is 0 Å². The van der Waals surface area contributed by atoms with Crippen molar-refractivity contribution in [3.05, 3.63) is 91.0 Å². The van der Waals surface area contributed by atoms with Crippen LogP contribution in [-0.4, -0.2) is 79.4 Å². The largest absolute Gasteiger partial charge is 0.490 e. The van der Waals surface area contributed by atoms with Crippen LogP contribution in [0.5, 0.6) is 5.75 Å². The molecule has 0 heterocycles. The fraction of sp³-hybridized carbons (Fsp3) is 0.421. The lowest BCUT2D eigenvalue weighted by Gasteiger charge is -2.26. The van der Waals surface area contributed by atoms with Crippen molar-refractivity contribution in [3.8, 4) is 5.75 Å². The van der Waals surface area contributed by atoms with E-state index >= 15 is 0 Å². The van der Waals surface area contributed by atoms with Gasteiger partial charge in [0.25, 0.3) is 0 Å². The Morgan fingerprint density at radius 2 is 1.33 bits per heavy atom. The minimum absolute atomic E-state index is 0. The fourth-order valence-electron chi connectivity index (χ4n) is 5.13. The third-order valence-electron chi connectivity index (χ3n) is 7.81.